The molecule has 160 valence electrons. The Bertz CT molecular complexity index is 1150. The van der Waals surface area contributed by atoms with Gasteiger partial charge in [-0.15, -0.1) is 0 Å². The van der Waals surface area contributed by atoms with E-state index in [0.29, 0.717) is 20.9 Å². The van der Waals surface area contributed by atoms with Crippen LogP contribution in [-0.4, -0.2) is 39.5 Å². The van der Waals surface area contributed by atoms with Crippen molar-refractivity contribution in [2.24, 2.45) is 4.99 Å². The quantitative estimate of drug-likeness (QED) is 0.287. The summed E-state index contributed by atoms with van der Waals surface area (Å²) in [4.78, 5) is 28.3. The van der Waals surface area contributed by atoms with Gasteiger partial charge in [-0.1, -0.05) is 41.7 Å². The van der Waals surface area contributed by atoms with Gasteiger partial charge < -0.3 is 14.9 Å². The van der Waals surface area contributed by atoms with Crippen LogP contribution >= 0.6 is 23.6 Å². The molecule has 0 unspecified atom stereocenters. The van der Waals surface area contributed by atoms with Crippen LogP contribution in [0, 0.1) is 3.95 Å². The van der Waals surface area contributed by atoms with Gasteiger partial charge in [-0.3, -0.25) is 9.56 Å². The maximum Gasteiger partial charge on any atom is 0.335 e. The number of aromatic nitrogens is 1. The summed E-state index contributed by atoms with van der Waals surface area (Å²) in [6, 6.07) is 14.6. The second kappa shape index (κ2) is 10.1. The predicted molar refractivity (Wildman–Crippen MR) is 121 cm³/mol. The normalized spacial score (nSPS) is 12.0. The molecule has 0 saturated heterocycles. The van der Waals surface area contributed by atoms with Crippen molar-refractivity contribution >= 4 is 47.4 Å². The highest BCUT2D eigenvalue weighted by atomic mass is 32.1. The van der Waals surface area contributed by atoms with Crippen LogP contribution in [0.5, 0.6) is 5.88 Å². The number of carbonyl (C=O) groups is 2. The van der Waals surface area contributed by atoms with E-state index in [1.165, 1.54) is 22.9 Å². The number of nitrogens with zero attached hydrogens (tertiary/aromatic N) is 2. The third-order valence-corrected chi connectivity index (χ3v) is 5.76. The lowest BCUT2D eigenvalue weighted by atomic mass is 10.1. The first-order valence-electron chi connectivity index (χ1n) is 9.43. The van der Waals surface area contributed by atoms with E-state index in [1.807, 2.05) is 30.3 Å². The second-order valence-electron chi connectivity index (χ2n) is 6.49. The monoisotopic (exact) mass is 456 g/mol. The average Bonchev–Trinajstić information content (AvgIpc) is 3.04. The lowest BCUT2D eigenvalue weighted by Crippen LogP contribution is -2.24. The van der Waals surface area contributed by atoms with Crippen LogP contribution in [0.2, 0.25) is 0 Å². The molecule has 9 heteroatoms. The van der Waals surface area contributed by atoms with Gasteiger partial charge in [0.25, 0.3) is 0 Å². The molecule has 0 amide bonds. The number of aromatic carboxylic acids is 1. The van der Waals surface area contributed by atoms with E-state index in [0.717, 1.165) is 16.9 Å². The Hall–Kier alpha value is -3.30. The molecule has 0 radical (unpaired) electrons. The molecule has 0 aliphatic heterocycles. The first kappa shape index (κ1) is 22.4. The zero-order chi connectivity index (χ0) is 22.4. The first-order valence-corrected chi connectivity index (χ1v) is 10.7. The first-order chi connectivity index (χ1) is 14.9. The molecule has 0 aliphatic rings. The fourth-order valence-corrected chi connectivity index (χ4v) is 4.21. The van der Waals surface area contributed by atoms with Crippen LogP contribution in [0.4, 0.5) is 5.69 Å². The number of carboxylic acid groups (broad SMARTS) is 1. The minimum absolute atomic E-state index is 0.154. The lowest BCUT2D eigenvalue weighted by Gasteiger charge is -2.18. The Morgan fingerprint density at radius 1 is 1.19 bits per heavy atom. The fraction of sp³-hybridized carbons (Fsp3) is 0.182. The molecule has 7 nitrogen and oxygen atoms in total. The number of benzene rings is 2. The van der Waals surface area contributed by atoms with Crippen LogP contribution in [0.25, 0.3) is 0 Å². The molecule has 1 heterocycles. The smallest absolute Gasteiger partial charge is 0.335 e. The maximum atomic E-state index is 12.7. The Kier molecular flexibility index (Phi) is 7.32. The van der Waals surface area contributed by atoms with Crippen molar-refractivity contribution in [3.05, 3.63) is 74.6 Å². The molecule has 3 rings (SSSR count). The Balaban J connectivity index is 1.92. The molecule has 31 heavy (non-hydrogen) atoms. The number of ether oxygens (including phenoxy) is 1. The third-order valence-electron chi connectivity index (χ3n) is 4.43. The highest BCUT2D eigenvalue weighted by molar-refractivity contribution is 7.73. The molecule has 2 N–H and O–H groups in total. The van der Waals surface area contributed by atoms with Crippen molar-refractivity contribution in [1.82, 2.24) is 4.57 Å². The van der Waals surface area contributed by atoms with Crippen molar-refractivity contribution in [3.63, 3.8) is 0 Å². The number of hydrogen-bond acceptors (Lipinski definition) is 7. The molecule has 0 fully saturated rings. The van der Waals surface area contributed by atoms with Crippen molar-refractivity contribution in [2.75, 3.05) is 6.61 Å². The van der Waals surface area contributed by atoms with Crippen LogP contribution in [-0.2, 0) is 16.0 Å². The Labute approximate surface area is 187 Å². The molecule has 1 atom stereocenters. The molecule has 0 saturated carbocycles. The number of aliphatic imine (C=N–C) groups is 1. The number of carbonyl (C=O) groups excluding carboxylic acids is 1. The topological polar surface area (TPSA) is 101 Å². The van der Waals surface area contributed by atoms with Crippen molar-refractivity contribution in [1.29, 1.82) is 0 Å². The minimum atomic E-state index is -1.02. The number of hydrogen-bond donors (Lipinski definition) is 2. The maximum absolute atomic E-state index is 12.7. The Morgan fingerprint density at radius 2 is 1.87 bits per heavy atom. The molecule has 0 spiro atoms. The molecular formula is C22H20N2O5S2. The summed E-state index contributed by atoms with van der Waals surface area (Å²) in [5.74, 6) is -1.68. The van der Waals surface area contributed by atoms with Crippen molar-refractivity contribution in [3.8, 4) is 5.88 Å². The average molecular weight is 457 g/mol. The van der Waals surface area contributed by atoms with Gasteiger partial charge in [0.1, 0.15) is 10.9 Å². The van der Waals surface area contributed by atoms with E-state index >= 15 is 0 Å². The molecule has 0 aliphatic carbocycles. The molecule has 1 aromatic heterocycles. The van der Waals surface area contributed by atoms with Crippen LogP contribution in [0.15, 0.2) is 59.6 Å². The van der Waals surface area contributed by atoms with Gasteiger partial charge in [0.15, 0.2) is 3.95 Å². The lowest BCUT2D eigenvalue weighted by molar-refractivity contribution is -0.147. The van der Waals surface area contributed by atoms with E-state index in [1.54, 1.807) is 19.1 Å². The number of aromatic hydroxyl groups is 1. The predicted octanol–water partition coefficient (Wildman–Crippen LogP) is 4.78. The van der Waals surface area contributed by atoms with Crippen LogP contribution in [0.1, 0.15) is 33.8 Å². The third kappa shape index (κ3) is 5.44. The van der Waals surface area contributed by atoms with Gasteiger partial charge in [-0.05, 0) is 49.0 Å². The summed E-state index contributed by atoms with van der Waals surface area (Å²) in [5.41, 5.74) is 1.57. The summed E-state index contributed by atoms with van der Waals surface area (Å²) in [6.07, 6.45) is 1.75. The Morgan fingerprint density at radius 3 is 2.48 bits per heavy atom. The van der Waals surface area contributed by atoms with Crippen LogP contribution in [0.3, 0.4) is 0 Å². The van der Waals surface area contributed by atoms with Gasteiger partial charge in [0.2, 0.25) is 5.88 Å². The minimum Gasteiger partial charge on any atom is -0.493 e. The van der Waals surface area contributed by atoms with E-state index in [9.17, 15) is 14.7 Å². The molecular weight excluding hydrogens is 436 g/mol. The summed E-state index contributed by atoms with van der Waals surface area (Å²) >= 11 is 6.54. The highest BCUT2D eigenvalue weighted by Gasteiger charge is 2.27. The highest BCUT2D eigenvalue weighted by Crippen LogP contribution is 2.31. The summed E-state index contributed by atoms with van der Waals surface area (Å²) in [5, 5.41) is 19.8. The van der Waals surface area contributed by atoms with Crippen LogP contribution < -0.4 is 0 Å². The number of rotatable bonds is 8. The molecule has 0 bridgehead atoms. The summed E-state index contributed by atoms with van der Waals surface area (Å²) in [7, 11) is 0. The number of thiazole rings is 1. The van der Waals surface area contributed by atoms with Gasteiger partial charge >= 0.3 is 11.9 Å². The van der Waals surface area contributed by atoms with Crippen molar-refractivity contribution in [2.45, 2.75) is 19.4 Å². The molecule has 2 aromatic carbocycles. The van der Waals surface area contributed by atoms with Gasteiger partial charge in [0, 0.05) is 6.42 Å². The summed E-state index contributed by atoms with van der Waals surface area (Å²) in [6.45, 7) is 1.93. The van der Waals surface area contributed by atoms with Gasteiger partial charge in [0.05, 0.1) is 24.1 Å². The van der Waals surface area contributed by atoms with E-state index in [4.69, 9.17) is 22.1 Å². The van der Waals surface area contributed by atoms with Crippen molar-refractivity contribution < 1.29 is 24.5 Å². The van der Waals surface area contributed by atoms with Gasteiger partial charge in [-0.2, -0.15) is 0 Å². The van der Waals surface area contributed by atoms with E-state index in [2.05, 4.69) is 4.99 Å². The zero-order valence-electron chi connectivity index (χ0n) is 16.6. The SMILES string of the molecule is CCOC(=O)[C@H](Cc1ccccc1)n1c(O)c(C=Nc2ccc(C(=O)O)cc2)sc1=S. The fourth-order valence-electron chi connectivity index (χ4n) is 2.93. The number of esters is 1. The van der Waals surface area contributed by atoms with Gasteiger partial charge in [-0.25, -0.2) is 9.59 Å². The van der Waals surface area contributed by atoms with E-state index < -0.39 is 18.0 Å². The second-order valence-corrected chi connectivity index (χ2v) is 8.17. The zero-order valence-corrected chi connectivity index (χ0v) is 18.2. The standard InChI is InChI=1S/C22H20N2O5S2/c1-2-29-21(28)17(12-14-6-4-3-5-7-14)24-19(25)18(31-22(24)30)13-23-16-10-8-15(9-11-16)20(26)27/h3-11,13,17,25H,2,12H2,1H3,(H,26,27)/t17-/m0/s1. The summed E-state index contributed by atoms with van der Waals surface area (Å²) < 4.78 is 6.92. The largest absolute Gasteiger partial charge is 0.493 e. The molecule has 3 aromatic rings. The number of carboxylic acids is 1. The van der Waals surface area contributed by atoms with E-state index in [-0.39, 0.29) is 18.1 Å².